The quantitative estimate of drug-likeness (QED) is 0.823. The number of carbonyl (C=O) groups excluding carboxylic acids is 1. The van der Waals surface area contributed by atoms with Crippen LogP contribution < -0.4 is 10.6 Å². The lowest BCUT2D eigenvalue weighted by Crippen LogP contribution is -2.60. The fourth-order valence-electron chi connectivity index (χ4n) is 4.85. The van der Waals surface area contributed by atoms with Gasteiger partial charge in [0.25, 0.3) is 0 Å². The molecule has 0 unspecified atom stereocenters. The van der Waals surface area contributed by atoms with Crippen LogP contribution in [0, 0.1) is 5.41 Å². The third-order valence-electron chi connectivity index (χ3n) is 6.33. The number of hydrogen-bond acceptors (Lipinski definition) is 3. The van der Waals surface area contributed by atoms with Crippen LogP contribution in [0.25, 0.3) is 0 Å². The minimum atomic E-state index is -0.422. The van der Waals surface area contributed by atoms with Gasteiger partial charge in [-0.2, -0.15) is 0 Å². The summed E-state index contributed by atoms with van der Waals surface area (Å²) in [6, 6.07) is 8.71. The molecule has 130 valence electrons. The Hall–Kier alpha value is -1.55. The van der Waals surface area contributed by atoms with Gasteiger partial charge in [0.1, 0.15) is 5.54 Å². The Morgan fingerprint density at radius 2 is 1.79 bits per heavy atom. The number of amides is 1. The number of hydrogen-bond donors (Lipinski definition) is 2. The Morgan fingerprint density at radius 1 is 1.08 bits per heavy atom. The van der Waals surface area contributed by atoms with Crippen molar-refractivity contribution in [2.75, 3.05) is 23.7 Å². The van der Waals surface area contributed by atoms with Crippen molar-refractivity contribution in [2.45, 2.75) is 64.0 Å². The monoisotopic (exact) mass is 327 g/mol. The van der Waals surface area contributed by atoms with Crippen molar-refractivity contribution in [1.29, 1.82) is 0 Å². The number of nitrogens with zero attached hydrogens (tertiary/aromatic N) is 1. The third-order valence-corrected chi connectivity index (χ3v) is 6.33. The minimum Gasteiger partial charge on any atom is -0.369 e. The molecule has 1 amide bonds. The summed E-state index contributed by atoms with van der Waals surface area (Å²) in [5, 5.41) is 6.67. The van der Waals surface area contributed by atoms with Gasteiger partial charge in [-0.25, -0.2) is 0 Å². The number of para-hydroxylation sites is 2. The van der Waals surface area contributed by atoms with E-state index in [1.807, 2.05) is 18.2 Å². The lowest BCUT2D eigenvalue weighted by atomic mass is 9.74. The second-order valence-electron chi connectivity index (χ2n) is 8.66. The van der Waals surface area contributed by atoms with Gasteiger partial charge in [-0.05, 0) is 49.7 Å². The average molecular weight is 327 g/mol. The molecule has 1 atom stereocenters. The van der Waals surface area contributed by atoms with Crippen molar-refractivity contribution in [1.82, 2.24) is 4.90 Å². The molecular formula is C20H29N3O. The third kappa shape index (κ3) is 2.81. The summed E-state index contributed by atoms with van der Waals surface area (Å²) >= 11 is 0. The summed E-state index contributed by atoms with van der Waals surface area (Å²) in [5.41, 5.74) is 2.01. The number of anilines is 2. The molecule has 4 rings (SSSR count). The Morgan fingerprint density at radius 3 is 2.50 bits per heavy atom. The van der Waals surface area contributed by atoms with Gasteiger partial charge in [0.2, 0.25) is 5.91 Å². The zero-order chi connectivity index (χ0) is 16.8. The SMILES string of the molecule is CC1(C)CCC[C@H](N2CCC3(CC2)Nc2ccccc2NC3=O)C1. The van der Waals surface area contributed by atoms with Crippen LogP contribution in [0.2, 0.25) is 0 Å². The number of fused-ring (bicyclic) bond motifs is 1. The number of benzene rings is 1. The lowest BCUT2D eigenvalue weighted by Gasteiger charge is -2.48. The van der Waals surface area contributed by atoms with Crippen molar-refractivity contribution >= 4 is 17.3 Å². The van der Waals surface area contributed by atoms with E-state index in [1.165, 1.54) is 25.7 Å². The Bertz CT molecular complexity index is 632. The fraction of sp³-hybridized carbons (Fsp3) is 0.650. The van der Waals surface area contributed by atoms with Crippen LogP contribution in [0.3, 0.4) is 0 Å². The van der Waals surface area contributed by atoms with Crippen molar-refractivity contribution in [2.24, 2.45) is 5.41 Å². The summed E-state index contributed by atoms with van der Waals surface area (Å²) in [6.45, 7) is 6.84. The number of piperidine rings is 1. The molecule has 0 aromatic heterocycles. The van der Waals surface area contributed by atoms with E-state index in [9.17, 15) is 4.79 Å². The Balaban J connectivity index is 1.45. The van der Waals surface area contributed by atoms with Crippen LogP contribution in [-0.4, -0.2) is 35.5 Å². The predicted molar refractivity (Wildman–Crippen MR) is 98.3 cm³/mol. The van der Waals surface area contributed by atoms with E-state index in [4.69, 9.17) is 0 Å². The molecule has 4 heteroatoms. The number of carbonyl (C=O) groups is 1. The van der Waals surface area contributed by atoms with E-state index in [1.54, 1.807) is 0 Å². The first-order chi connectivity index (χ1) is 11.5. The number of likely N-dealkylation sites (tertiary alicyclic amines) is 1. The van der Waals surface area contributed by atoms with Crippen molar-refractivity contribution in [3.8, 4) is 0 Å². The minimum absolute atomic E-state index is 0.143. The largest absolute Gasteiger partial charge is 0.369 e. The molecule has 1 saturated carbocycles. The molecule has 0 radical (unpaired) electrons. The number of rotatable bonds is 1. The fourth-order valence-corrected chi connectivity index (χ4v) is 4.85. The average Bonchev–Trinajstić information content (AvgIpc) is 2.56. The van der Waals surface area contributed by atoms with Gasteiger partial charge in [-0.1, -0.05) is 32.4 Å². The van der Waals surface area contributed by atoms with Crippen LogP contribution in [-0.2, 0) is 4.79 Å². The molecule has 1 aromatic rings. The molecule has 2 aliphatic heterocycles. The molecule has 2 heterocycles. The van der Waals surface area contributed by atoms with E-state index in [0.717, 1.165) is 37.3 Å². The van der Waals surface area contributed by atoms with E-state index < -0.39 is 5.54 Å². The molecule has 4 nitrogen and oxygen atoms in total. The molecular weight excluding hydrogens is 298 g/mol. The summed E-state index contributed by atoms with van der Waals surface area (Å²) in [6.07, 6.45) is 7.09. The summed E-state index contributed by atoms with van der Waals surface area (Å²) in [5.74, 6) is 0.143. The Labute approximate surface area is 145 Å². The summed E-state index contributed by atoms with van der Waals surface area (Å²) in [4.78, 5) is 15.4. The maximum atomic E-state index is 12.7. The first-order valence-corrected chi connectivity index (χ1v) is 9.40. The van der Waals surface area contributed by atoms with Crippen LogP contribution in [0.4, 0.5) is 11.4 Å². The molecule has 2 fully saturated rings. The van der Waals surface area contributed by atoms with Crippen LogP contribution in [0.15, 0.2) is 24.3 Å². The number of nitrogens with one attached hydrogen (secondary N) is 2. The highest BCUT2D eigenvalue weighted by atomic mass is 16.2. The lowest BCUT2D eigenvalue weighted by molar-refractivity contribution is -0.122. The second-order valence-corrected chi connectivity index (χ2v) is 8.66. The standard InChI is InChI=1S/C20H29N3O/c1-19(2)9-5-6-15(14-19)23-12-10-20(11-13-23)18(24)21-16-7-3-4-8-17(16)22-20/h3-4,7-8,15,22H,5-6,9-14H2,1-2H3,(H,21,24)/t15-/m0/s1. The predicted octanol–water partition coefficient (Wildman–Crippen LogP) is 3.85. The topological polar surface area (TPSA) is 44.4 Å². The van der Waals surface area contributed by atoms with Gasteiger partial charge < -0.3 is 15.5 Å². The molecule has 1 saturated heterocycles. The van der Waals surface area contributed by atoms with Gasteiger partial charge in [0.15, 0.2) is 0 Å². The highest BCUT2D eigenvalue weighted by molar-refractivity contribution is 6.06. The maximum absolute atomic E-state index is 12.7. The normalized spacial score (nSPS) is 28.8. The highest BCUT2D eigenvalue weighted by Gasteiger charge is 2.45. The molecule has 2 N–H and O–H groups in total. The maximum Gasteiger partial charge on any atom is 0.250 e. The van der Waals surface area contributed by atoms with Gasteiger partial charge in [-0.3, -0.25) is 4.79 Å². The van der Waals surface area contributed by atoms with E-state index >= 15 is 0 Å². The summed E-state index contributed by atoms with van der Waals surface area (Å²) < 4.78 is 0. The first-order valence-electron chi connectivity index (χ1n) is 9.40. The van der Waals surface area contributed by atoms with E-state index in [-0.39, 0.29) is 5.91 Å². The molecule has 24 heavy (non-hydrogen) atoms. The van der Waals surface area contributed by atoms with Crippen LogP contribution in [0.1, 0.15) is 52.4 Å². The van der Waals surface area contributed by atoms with Gasteiger partial charge in [0, 0.05) is 19.1 Å². The molecule has 1 aromatic carbocycles. The van der Waals surface area contributed by atoms with Gasteiger partial charge in [0.05, 0.1) is 11.4 Å². The zero-order valence-corrected chi connectivity index (χ0v) is 14.9. The zero-order valence-electron chi connectivity index (χ0n) is 14.9. The first kappa shape index (κ1) is 15.9. The molecule has 1 aliphatic carbocycles. The highest BCUT2D eigenvalue weighted by Crippen LogP contribution is 2.40. The van der Waals surface area contributed by atoms with E-state index in [0.29, 0.717) is 11.5 Å². The van der Waals surface area contributed by atoms with Crippen LogP contribution >= 0.6 is 0 Å². The van der Waals surface area contributed by atoms with E-state index in [2.05, 4.69) is 35.4 Å². The molecule has 0 bridgehead atoms. The smallest absolute Gasteiger partial charge is 0.250 e. The van der Waals surface area contributed by atoms with Crippen molar-refractivity contribution in [3.63, 3.8) is 0 Å². The van der Waals surface area contributed by atoms with Crippen LogP contribution in [0.5, 0.6) is 0 Å². The van der Waals surface area contributed by atoms with Gasteiger partial charge in [-0.15, -0.1) is 0 Å². The molecule has 3 aliphatic rings. The molecule has 1 spiro atoms. The Kier molecular flexibility index (Phi) is 3.83. The second kappa shape index (κ2) is 5.76. The van der Waals surface area contributed by atoms with Crippen molar-refractivity contribution in [3.05, 3.63) is 24.3 Å². The summed E-state index contributed by atoms with van der Waals surface area (Å²) in [7, 11) is 0. The van der Waals surface area contributed by atoms with Gasteiger partial charge >= 0.3 is 0 Å². The van der Waals surface area contributed by atoms with Crippen molar-refractivity contribution < 1.29 is 4.79 Å².